The Morgan fingerprint density at radius 3 is 2.19 bits per heavy atom. The van der Waals surface area contributed by atoms with Crippen molar-refractivity contribution in [1.29, 1.82) is 0 Å². The quantitative estimate of drug-likeness (QED) is 0.710. The maximum atomic E-state index is 11.2. The van der Waals surface area contributed by atoms with Crippen LogP contribution in [0.2, 0.25) is 0 Å². The predicted molar refractivity (Wildman–Crippen MR) is 78.9 cm³/mol. The van der Waals surface area contributed by atoms with Gasteiger partial charge in [-0.05, 0) is 30.5 Å². The molecule has 0 bridgehead atoms. The summed E-state index contributed by atoms with van der Waals surface area (Å²) in [5.41, 5.74) is 1.67. The Morgan fingerprint density at radius 1 is 1.10 bits per heavy atom. The Labute approximate surface area is 123 Å². The van der Waals surface area contributed by atoms with Gasteiger partial charge in [0.1, 0.15) is 0 Å². The molecule has 0 saturated carbocycles. The molecular formula is C15H20N2O4. The topological polar surface area (TPSA) is 95.5 Å². The summed E-state index contributed by atoms with van der Waals surface area (Å²) >= 11 is 0. The van der Waals surface area contributed by atoms with Crippen LogP contribution in [0.5, 0.6) is 0 Å². The molecule has 0 aliphatic carbocycles. The van der Waals surface area contributed by atoms with E-state index in [4.69, 9.17) is 5.11 Å². The minimum Gasteiger partial charge on any atom is -0.481 e. The lowest BCUT2D eigenvalue weighted by Gasteiger charge is -2.17. The van der Waals surface area contributed by atoms with Crippen LogP contribution >= 0.6 is 0 Å². The predicted octanol–water partition coefficient (Wildman–Crippen LogP) is 1.56. The molecule has 0 spiro atoms. The molecule has 3 N–H and O–H groups in total. The van der Waals surface area contributed by atoms with Crippen LogP contribution in [0.4, 0.5) is 5.69 Å². The van der Waals surface area contributed by atoms with Crippen LogP contribution in [0.3, 0.4) is 0 Å². The first-order chi connectivity index (χ1) is 9.86. The van der Waals surface area contributed by atoms with Gasteiger partial charge in [-0.1, -0.05) is 12.1 Å². The lowest BCUT2D eigenvalue weighted by molar-refractivity contribution is -0.137. The molecule has 0 saturated heterocycles. The summed E-state index contributed by atoms with van der Waals surface area (Å²) in [6, 6.07) is 7.03. The Bertz CT molecular complexity index is 511. The maximum absolute atomic E-state index is 11.2. The van der Waals surface area contributed by atoms with Crippen molar-refractivity contribution >= 4 is 23.5 Å². The number of aliphatic carboxylic acids is 1. The summed E-state index contributed by atoms with van der Waals surface area (Å²) in [5.74, 6) is -1.20. The number of rotatable bonds is 7. The van der Waals surface area contributed by atoms with Crippen molar-refractivity contribution in [3.05, 3.63) is 29.8 Å². The Hall–Kier alpha value is -2.37. The highest BCUT2D eigenvalue weighted by atomic mass is 16.4. The molecule has 1 unspecified atom stereocenters. The van der Waals surface area contributed by atoms with Gasteiger partial charge in [-0.15, -0.1) is 0 Å². The monoisotopic (exact) mass is 292 g/mol. The average Bonchev–Trinajstić information content (AvgIpc) is 2.37. The van der Waals surface area contributed by atoms with E-state index in [0.29, 0.717) is 18.5 Å². The first-order valence-corrected chi connectivity index (χ1v) is 6.72. The fourth-order valence-corrected chi connectivity index (χ4v) is 2.02. The lowest BCUT2D eigenvalue weighted by atomic mass is 10.0. The van der Waals surface area contributed by atoms with Gasteiger partial charge >= 0.3 is 5.97 Å². The smallest absolute Gasteiger partial charge is 0.303 e. The normalized spacial score (nSPS) is 11.5. The van der Waals surface area contributed by atoms with Crippen LogP contribution in [-0.2, 0) is 20.8 Å². The Kier molecular flexibility index (Phi) is 6.39. The second kappa shape index (κ2) is 8.04. The van der Waals surface area contributed by atoms with Crippen molar-refractivity contribution in [2.75, 3.05) is 5.32 Å². The third-order valence-corrected chi connectivity index (χ3v) is 2.87. The third kappa shape index (κ3) is 7.10. The van der Waals surface area contributed by atoms with Crippen LogP contribution in [0.25, 0.3) is 0 Å². The molecule has 1 aromatic rings. The fraction of sp³-hybridized carbons (Fsp3) is 0.400. The number of carboxylic acids is 1. The average molecular weight is 292 g/mol. The highest BCUT2D eigenvalue weighted by Gasteiger charge is 2.13. The van der Waals surface area contributed by atoms with Gasteiger partial charge in [0, 0.05) is 32.0 Å². The van der Waals surface area contributed by atoms with E-state index < -0.39 is 5.97 Å². The number of hydrogen-bond donors (Lipinski definition) is 3. The van der Waals surface area contributed by atoms with Gasteiger partial charge in [0.2, 0.25) is 11.8 Å². The summed E-state index contributed by atoms with van der Waals surface area (Å²) < 4.78 is 0. The molecule has 1 atom stereocenters. The van der Waals surface area contributed by atoms with Gasteiger partial charge in [-0.2, -0.15) is 0 Å². The molecule has 0 aromatic heterocycles. The molecule has 114 valence electrons. The van der Waals surface area contributed by atoms with Crippen LogP contribution in [0.15, 0.2) is 24.3 Å². The number of carboxylic acid groups (broad SMARTS) is 1. The van der Waals surface area contributed by atoms with Crippen molar-refractivity contribution in [3.8, 4) is 0 Å². The molecule has 1 rings (SSSR count). The summed E-state index contributed by atoms with van der Waals surface area (Å²) in [5, 5.41) is 14.2. The molecule has 2 amide bonds. The molecular weight excluding hydrogens is 272 g/mol. The van der Waals surface area contributed by atoms with E-state index >= 15 is 0 Å². The standard InChI is InChI=1S/C15H20N2O4/c1-10(18)16-13-5-3-12(4-6-13)9-14(17-11(2)19)7-8-15(20)21/h3-6,14H,7-9H2,1-2H3,(H,16,18)(H,17,19)(H,20,21). The Balaban J connectivity index is 2.66. The van der Waals surface area contributed by atoms with Crippen LogP contribution in [0.1, 0.15) is 32.3 Å². The number of benzene rings is 1. The molecule has 0 heterocycles. The van der Waals surface area contributed by atoms with Gasteiger partial charge in [0.15, 0.2) is 0 Å². The van der Waals surface area contributed by atoms with Gasteiger partial charge < -0.3 is 15.7 Å². The summed E-state index contributed by atoms with van der Waals surface area (Å²) in [6.45, 7) is 2.85. The second-order valence-electron chi connectivity index (χ2n) is 4.91. The van der Waals surface area contributed by atoms with Crippen molar-refractivity contribution in [2.45, 2.75) is 39.2 Å². The van der Waals surface area contributed by atoms with E-state index in [1.807, 2.05) is 12.1 Å². The zero-order valence-corrected chi connectivity index (χ0v) is 12.2. The van der Waals surface area contributed by atoms with E-state index in [1.165, 1.54) is 13.8 Å². The van der Waals surface area contributed by atoms with E-state index in [0.717, 1.165) is 5.56 Å². The SMILES string of the molecule is CC(=O)Nc1ccc(CC(CCC(=O)O)NC(C)=O)cc1. The Morgan fingerprint density at radius 2 is 1.71 bits per heavy atom. The van der Waals surface area contributed by atoms with E-state index in [2.05, 4.69) is 10.6 Å². The maximum Gasteiger partial charge on any atom is 0.303 e. The van der Waals surface area contributed by atoms with E-state index in [-0.39, 0.29) is 24.3 Å². The van der Waals surface area contributed by atoms with Crippen molar-refractivity contribution < 1.29 is 19.5 Å². The van der Waals surface area contributed by atoms with Gasteiger partial charge in [-0.3, -0.25) is 14.4 Å². The van der Waals surface area contributed by atoms with E-state index in [1.54, 1.807) is 12.1 Å². The van der Waals surface area contributed by atoms with Crippen LogP contribution in [0, 0.1) is 0 Å². The first kappa shape index (κ1) is 16.7. The van der Waals surface area contributed by atoms with E-state index in [9.17, 15) is 14.4 Å². The highest BCUT2D eigenvalue weighted by Crippen LogP contribution is 2.13. The summed E-state index contributed by atoms with van der Waals surface area (Å²) in [4.78, 5) is 32.7. The van der Waals surface area contributed by atoms with Crippen LogP contribution < -0.4 is 10.6 Å². The van der Waals surface area contributed by atoms with Crippen LogP contribution in [-0.4, -0.2) is 28.9 Å². The largest absolute Gasteiger partial charge is 0.481 e. The number of carbonyl (C=O) groups is 3. The highest BCUT2D eigenvalue weighted by molar-refractivity contribution is 5.88. The minimum absolute atomic E-state index is 0.00885. The number of hydrogen-bond acceptors (Lipinski definition) is 3. The zero-order chi connectivity index (χ0) is 15.8. The fourth-order valence-electron chi connectivity index (χ4n) is 2.02. The number of nitrogens with one attached hydrogen (secondary N) is 2. The number of anilines is 1. The van der Waals surface area contributed by atoms with Gasteiger partial charge in [0.05, 0.1) is 0 Å². The van der Waals surface area contributed by atoms with Crippen molar-refractivity contribution in [2.24, 2.45) is 0 Å². The molecule has 0 fully saturated rings. The first-order valence-electron chi connectivity index (χ1n) is 6.72. The molecule has 21 heavy (non-hydrogen) atoms. The van der Waals surface area contributed by atoms with Gasteiger partial charge in [0.25, 0.3) is 0 Å². The van der Waals surface area contributed by atoms with Crippen molar-refractivity contribution in [3.63, 3.8) is 0 Å². The molecule has 6 nitrogen and oxygen atoms in total. The number of carbonyl (C=O) groups excluding carboxylic acids is 2. The second-order valence-corrected chi connectivity index (χ2v) is 4.91. The molecule has 6 heteroatoms. The van der Waals surface area contributed by atoms with Crippen molar-refractivity contribution in [1.82, 2.24) is 5.32 Å². The third-order valence-electron chi connectivity index (χ3n) is 2.87. The molecule has 0 aliphatic heterocycles. The zero-order valence-electron chi connectivity index (χ0n) is 12.2. The minimum atomic E-state index is -0.883. The number of amides is 2. The molecule has 0 radical (unpaired) electrons. The van der Waals surface area contributed by atoms with Gasteiger partial charge in [-0.25, -0.2) is 0 Å². The summed E-state index contributed by atoms with van der Waals surface area (Å²) in [7, 11) is 0. The summed E-state index contributed by atoms with van der Waals surface area (Å²) in [6.07, 6.45) is 0.935. The molecule has 1 aromatic carbocycles. The molecule has 0 aliphatic rings. The lowest BCUT2D eigenvalue weighted by Crippen LogP contribution is -2.35.